The van der Waals surface area contributed by atoms with Crippen molar-refractivity contribution >= 4 is 64.8 Å². The first-order valence-corrected chi connectivity index (χ1v) is 23.2. The number of hydrogen-bond acceptors (Lipinski definition) is 10. The quantitative estimate of drug-likeness (QED) is 0.122. The van der Waals surface area contributed by atoms with Crippen LogP contribution in [-0.4, -0.2) is 73.4 Å². The lowest BCUT2D eigenvalue weighted by Gasteiger charge is -2.19. The van der Waals surface area contributed by atoms with Gasteiger partial charge in [-0.05, 0) is 43.5 Å². The van der Waals surface area contributed by atoms with Crippen LogP contribution in [0.5, 0.6) is 0 Å². The molecule has 1 unspecified atom stereocenters. The van der Waals surface area contributed by atoms with E-state index >= 15 is 0 Å². The van der Waals surface area contributed by atoms with Crippen molar-refractivity contribution < 1.29 is 26.4 Å². The third-order valence-electron chi connectivity index (χ3n) is 9.49. The van der Waals surface area contributed by atoms with Crippen molar-refractivity contribution in [3.63, 3.8) is 0 Å². The summed E-state index contributed by atoms with van der Waals surface area (Å²) in [5, 5.41) is 10.6. The van der Waals surface area contributed by atoms with Crippen LogP contribution in [0.4, 0.5) is 10.3 Å². The van der Waals surface area contributed by atoms with Gasteiger partial charge in [-0.1, -0.05) is 85.1 Å². The first kappa shape index (κ1) is 43.2. The molecule has 12 nitrogen and oxygen atoms in total. The summed E-state index contributed by atoms with van der Waals surface area (Å²) in [6.45, 7) is 12.9. The highest BCUT2D eigenvalue weighted by molar-refractivity contribution is 7.89. The molecule has 5 rings (SSSR count). The van der Waals surface area contributed by atoms with E-state index in [9.17, 15) is 26.4 Å². The molecule has 0 aliphatic heterocycles. The number of carbonyl (C=O) groups is 2. The zero-order valence-electron chi connectivity index (χ0n) is 31.9. The second-order valence-electron chi connectivity index (χ2n) is 12.9. The van der Waals surface area contributed by atoms with Crippen LogP contribution in [0, 0.1) is 11.8 Å². The zero-order chi connectivity index (χ0) is 39.5. The van der Waals surface area contributed by atoms with Crippen LogP contribution in [0.25, 0.3) is 22.5 Å². The van der Waals surface area contributed by atoms with Gasteiger partial charge in [-0.2, -0.15) is 8.61 Å². The average molecular weight is 817 g/mol. The summed E-state index contributed by atoms with van der Waals surface area (Å²) in [5.74, 6) is 0.0351. The topological polar surface area (TPSA) is 159 Å². The second kappa shape index (κ2) is 19.9. The van der Waals surface area contributed by atoms with E-state index in [4.69, 9.17) is 0 Å². The minimum atomic E-state index is -3.46. The van der Waals surface area contributed by atoms with E-state index in [0.717, 1.165) is 48.9 Å². The number of nitrogens with zero attached hydrogens (tertiary/aromatic N) is 4. The maximum Gasteiger partial charge on any atom is 0.243 e. The van der Waals surface area contributed by atoms with Crippen LogP contribution in [0.2, 0.25) is 0 Å². The third kappa shape index (κ3) is 10.8. The molecule has 1 aliphatic carbocycles. The molecule has 1 saturated carbocycles. The maximum absolute atomic E-state index is 12.6. The molecule has 0 bridgehead atoms. The van der Waals surface area contributed by atoms with E-state index in [2.05, 4.69) is 20.6 Å². The number of aromatic nitrogens is 2. The highest BCUT2D eigenvalue weighted by Crippen LogP contribution is 2.30. The molecular formula is C38H52N6O6S4. The lowest BCUT2D eigenvalue weighted by Crippen LogP contribution is -2.30. The summed E-state index contributed by atoms with van der Waals surface area (Å²) in [6.07, 6.45) is 6.12. The molecule has 2 N–H and O–H groups in total. The smallest absolute Gasteiger partial charge is 0.243 e. The fourth-order valence-electron chi connectivity index (χ4n) is 5.93. The summed E-state index contributed by atoms with van der Waals surface area (Å²) < 4.78 is 53.1. The van der Waals surface area contributed by atoms with Crippen LogP contribution in [-0.2, 0) is 29.6 Å². The zero-order valence-corrected chi connectivity index (χ0v) is 35.1. The second-order valence-corrected chi connectivity index (χ2v) is 18.5. The van der Waals surface area contributed by atoms with Crippen molar-refractivity contribution in [3.8, 4) is 22.5 Å². The van der Waals surface area contributed by atoms with Gasteiger partial charge in [-0.15, -0.1) is 22.7 Å². The number of sulfonamides is 2. The Morgan fingerprint density at radius 2 is 1.09 bits per heavy atom. The van der Waals surface area contributed by atoms with Gasteiger partial charge in [-0.25, -0.2) is 26.8 Å². The van der Waals surface area contributed by atoms with Crippen molar-refractivity contribution in [1.82, 2.24) is 18.6 Å². The van der Waals surface area contributed by atoms with Crippen LogP contribution in [0.15, 0.2) is 69.1 Å². The molecule has 0 saturated heterocycles. The molecule has 2 aromatic heterocycles. The Kier molecular flexibility index (Phi) is 15.9. The first-order chi connectivity index (χ1) is 25.8. The number of rotatable bonds is 15. The Balaban J connectivity index is 0.000000241. The monoisotopic (exact) mass is 816 g/mol. The summed E-state index contributed by atoms with van der Waals surface area (Å²) >= 11 is 2.74. The van der Waals surface area contributed by atoms with Crippen LogP contribution in [0.1, 0.15) is 80.1 Å². The Morgan fingerprint density at radius 1 is 0.685 bits per heavy atom. The number of nitrogens with one attached hydrogen (secondary N) is 2. The van der Waals surface area contributed by atoms with Gasteiger partial charge in [0.05, 0.1) is 21.2 Å². The number of thiazole rings is 2. The predicted molar refractivity (Wildman–Crippen MR) is 219 cm³/mol. The number of benzene rings is 2. The van der Waals surface area contributed by atoms with Gasteiger partial charge >= 0.3 is 0 Å². The third-order valence-corrected chi connectivity index (χ3v) is 15.1. The predicted octanol–water partition coefficient (Wildman–Crippen LogP) is 8.18. The number of amides is 2. The van der Waals surface area contributed by atoms with Crippen molar-refractivity contribution in [2.75, 3.05) is 36.8 Å². The minimum absolute atomic E-state index is 0.0472. The summed E-state index contributed by atoms with van der Waals surface area (Å²) in [4.78, 5) is 33.8. The van der Waals surface area contributed by atoms with Gasteiger partial charge < -0.3 is 10.6 Å². The Hall–Kier alpha value is -3.54. The highest BCUT2D eigenvalue weighted by atomic mass is 32.2. The molecule has 294 valence electrons. The number of anilines is 2. The van der Waals surface area contributed by atoms with E-state index < -0.39 is 20.0 Å². The van der Waals surface area contributed by atoms with Crippen LogP contribution >= 0.6 is 22.7 Å². The highest BCUT2D eigenvalue weighted by Gasteiger charge is 2.24. The van der Waals surface area contributed by atoms with E-state index in [0.29, 0.717) is 42.1 Å². The largest absolute Gasteiger partial charge is 0.302 e. The van der Waals surface area contributed by atoms with Gasteiger partial charge in [0.2, 0.25) is 31.9 Å². The van der Waals surface area contributed by atoms with Crippen molar-refractivity contribution in [2.24, 2.45) is 11.8 Å². The molecule has 1 fully saturated rings. The van der Waals surface area contributed by atoms with E-state index in [1.54, 1.807) is 48.5 Å². The first-order valence-electron chi connectivity index (χ1n) is 18.5. The van der Waals surface area contributed by atoms with E-state index in [-0.39, 0.29) is 33.4 Å². The van der Waals surface area contributed by atoms with Crippen molar-refractivity contribution in [1.29, 1.82) is 0 Å². The summed E-state index contributed by atoms with van der Waals surface area (Å²) in [7, 11) is -6.93. The fourth-order valence-corrected chi connectivity index (χ4v) is 10.3. The normalized spacial score (nSPS) is 14.4. The van der Waals surface area contributed by atoms with Gasteiger partial charge in [0.1, 0.15) is 0 Å². The maximum atomic E-state index is 12.6. The Bertz CT molecular complexity index is 2030. The molecule has 1 atom stereocenters. The van der Waals surface area contributed by atoms with Gasteiger partial charge in [-0.3, -0.25) is 9.59 Å². The molecule has 4 aromatic rings. The molecule has 0 spiro atoms. The van der Waals surface area contributed by atoms with Crippen molar-refractivity contribution in [3.05, 3.63) is 59.3 Å². The van der Waals surface area contributed by atoms with Crippen molar-refractivity contribution in [2.45, 2.75) is 89.9 Å². The molecule has 2 heterocycles. The molecule has 1 aliphatic rings. The molecule has 16 heteroatoms. The van der Waals surface area contributed by atoms with Gasteiger partial charge in [0, 0.05) is 59.9 Å². The lowest BCUT2D eigenvalue weighted by atomic mass is 9.89. The molecule has 0 radical (unpaired) electrons. The molecule has 2 amide bonds. The van der Waals surface area contributed by atoms with E-state index in [1.807, 2.05) is 52.3 Å². The molecular weight excluding hydrogens is 765 g/mol. The van der Waals surface area contributed by atoms with Gasteiger partial charge in [0.25, 0.3) is 0 Å². The SMILES string of the molecule is CCC(C)C(=O)Nc1nc(-c2ccc(S(=O)(=O)N(CC)CC)cc2)cs1.CCN(CC)S(=O)(=O)c1ccc(-c2csc(NC(=O)C3CCCCC3)n2)cc1. The standard InChI is InChI=1S/C20H27N3O3S2.C18H25N3O3S2/c1-3-23(4-2)28(25,26)17-12-10-15(11-13-17)18-14-27-20(21-18)22-19(24)16-8-6-5-7-9-16;1-5-13(4)17(22)20-18-19-16(12-25-18)14-8-10-15(11-9-14)26(23,24)21(6-2)7-3/h10-14,16H,3-9H2,1-2H3,(H,21,22,24);8-13H,5-7H2,1-4H3,(H,19,20,22). The Morgan fingerprint density at radius 3 is 1.48 bits per heavy atom. The van der Waals surface area contributed by atoms with Gasteiger partial charge in [0.15, 0.2) is 10.3 Å². The Labute approximate surface area is 328 Å². The summed E-state index contributed by atoms with van der Waals surface area (Å²) in [5.41, 5.74) is 3.08. The molecule has 54 heavy (non-hydrogen) atoms. The van der Waals surface area contributed by atoms with Crippen LogP contribution in [0.3, 0.4) is 0 Å². The average Bonchev–Trinajstić information content (AvgIpc) is 3.86. The number of carbonyl (C=O) groups excluding carboxylic acids is 2. The number of hydrogen-bond donors (Lipinski definition) is 2. The minimum Gasteiger partial charge on any atom is -0.302 e. The molecule has 2 aromatic carbocycles. The lowest BCUT2D eigenvalue weighted by molar-refractivity contribution is -0.121. The summed E-state index contributed by atoms with van der Waals surface area (Å²) in [6, 6.07) is 13.4. The fraction of sp³-hybridized carbons (Fsp3) is 0.474. The van der Waals surface area contributed by atoms with E-state index in [1.165, 1.54) is 37.7 Å². The van der Waals surface area contributed by atoms with Crippen LogP contribution < -0.4 is 10.6 Å².